The second kappa shape index (κ2) is 8.68. The number of nitrogens with zero attached hydrogens (tertiary/aromatic N) is 2. The number of hydrogen-bond acceptors (Lipinski definition) is 3. The van der Waals surface area contributed by atoms with E-state index in [1.165, 1.54) is 58.4 Å². The molecule has 2 saturated heterocycles. The van der Waals surface area contributed by atoms with Gasteiger partial charge in [-0.3, -0.25) is 4.90 Å². The predicted octanol–water partition coefficient (Wildman–Crippen LogP) is 2.67. The largest absolute Gasteiger partial charge is 0.378 e. The molecule has 0 amide bonds. The number of ether oxygens (including phenoxy) is 1. The van der Waals surface area contributed by atoms with Gasteiger partial charge in [0.1, 0.15) is 0 Å². The summed E-state index contributed by atoms with van der Waals surface area (Å²) in [5, 5.41) is 0. The van der Waals surface area contributed by atoms with Gasteiger partial charge in [0.2, 0.25) is 0 Å². The van der Waals surface area contributed by atoms with Crippen LogP contribution < -0.4 is 0 Å². The lowest BCUT2D eigenvalue weighted by Gasteiger charge is -2.35. The van der Waals surface area contributed by atoms with Crippen LogP contribution in [0, 0.1) is 11.8 Å². The van der Waals surface area contributed by atoms with Gasteiger partial charge >= 0.3 is 0 Å². The molecule has 118 valence electrons. The van der Waals surface area contributed by atoms with Crippen molar-refractivity contribution in [2.24, 2.45) is 11.8 Å². The fourth-order valence-corrected chi connectivity index (χ4v) is 3.75. The molecule has 20 heavy (non-hydrogen) atoms. The average Bonchev–Trinajstić information content (AvgIpc) is 2.46. The van der Waals surface area contributed by atoms with Gasteiger partial charge < -0.3 is 9.64 Å². The Kier molecular flexibility index (Phi) is 7.24. The molecule has 1 unspecified atom stereocenters. The van der Waals surface area contributed by atoms with Gasteiger partial charge in [0.05, 0.1) is 6.10 Å². The van der Waals surface area contributed by atoms with E-state index in [1.807, 2.05) is 0 Å². The molecule has 0 aliphatic carbocycles. The Balaban J connectivity index is 1.57. The zero-order valence-corrected chi connectivity index (χ0v) is 14.5. The minimum Gasteiger partial charge on any atom is -0.378 e. The number of hydrogen-bond donors (Lipinski definition) is 0. The van der Waals surface area contributed by atoms with E-state index >= 15 is 0 Å². The van der Waals surface area contributed by atoms with E-state index < -0.39 is 0 Å². The summed E-state index contributed by atoms with van der Waals surface area (Å²) < 4.78 is 6.18. The highest BCUT2D eigenvalue weighted by molar-refractivity contribution is 7.16. The Hall–Kier alpha value is 0.310. The molecule has 0 bridgehead atoms. The van der Waals surface area contributed by atoms with Crippen molar-refractivity contribution in [1.29, 1.82) is 0 Å². The summed E-state index contributed by atoms with van der Waals surface area (Å²) in [4.78, 5) is 5.12. The molecule has 0 radical (unpaired) electrons. The smallest absolute Gasteiger partial charge is 0.0599 e. The van der Waals surface area contributed by atoms with E-state index in [9.17, 15) is 0 Å². The SMILES string of the molecule is CC(C)CN1CCC(COC2CCN(CP)CC2)CC1. The van der Waals surface area contributed by atoms with Crippen LogP contribution in [0.15, 0.2) is 0 Å². The highest BCUT2D eigenvalue weighted by Gasteiger charge is 2.23. The Morgan fingerprint density at radius 2 is 1.60 bits per heavy atom. The van der Waals surface area contributed by atoms with Crippen LogP contribution >= 0.6 is 9.24 Å². The Morgan fingerprint density at radius 1 is 1.00 bits per heavy atom. The lowest BCUT2D eigenvalue weighted by molar-refractivity contribution is -0.0171. The first-order chi connectivity index (χ1) is 9.67. The molecule has 0 aromatic carbocycles. The van der Waals surface area contributed by atoms with E-state index in [-0.39, 0.29) is 0 Å². The molecule has 2 aliphatic rings. The summed E-state index contributed by atoms with van der Waals surface area (Å²) in [6, 6.07) is 0. The van der Waals surface area contributed by atoms with E-state index in [0.29, 0.717) is 6.10 Å². The molecule has 2 aliphatic heterocycles. The van der Waals surface area contributed by atoms with Crippen LogP contribution in [-0.4, -0.2) is 61.5 Å². The highest BCUT2D eigenvalue weighted by atomic mass is 31.0. The fourth-order valence-electron chi connectivity index (χ4n) is 3.38. The molecule has 0 aromatic heterocycles. The van der Waals surface area contributed by atoms with Crippen molar-refractivity contribution < 1.29 is 4.74 Å². The van der Waals surface area contributed by atoms with Gasteiger partial charge in [-0.15, -0.1) is 9.24 Å². The topological polar surface area (TPSA) is 15.7 Å². The fraction of sp³-hybridized carbons (Fsp3) is 1.00. The van der Waals surface area contributed by atoms with Gasteiger partial charge in [-0.1, -0.05) is 13.8 Å². The van der Waals surface area contributed by atoms with Crippen LogP contribution in [0.5, 0.6) is 0 Å². The van der Waals surface area contributed by atoms with Crippen molar-refractivity contribution in [2.75, 3.05) is 45.6 Å². The zero-order valence-electron chi connectivity index (χ0n) is 13.4. The first kappa shape index (κ1) is 16.7. The van der Waals surface area contributed by atoms with Crippen molar-refractivity contribution >= 4 is 9.24 Å². The predicted molar refractivity (Wildman–Crippen MR) is 89.1 cm³/mol. The van der Waals surface area contributed by atoms with Crippen molar-refractivity contribution in [2.45, 2.75) is 45.6 Å². The number of likely N-dealkylation sites (tertiary alicyclic amines) is 2. The van der Waals surface area contributed by atoms with Crippen LogP contribution in [0.25, 0.3) is 0 Å². The molecular weight excluding hydrogens is 267 g/mol. The van der Waals surface area contributed by atoms with Crippen molar-refractivity contribution in [1.82, 2.24) is 9.80 Å². The zero-order chi connectivity index (χ0) is 14.4. The summed E-state index contributed by atoms with van der Waals surface area (Å²) >= 11 is 0. The molecule has 0 saturated carbocycles. The number of rotatable bonds is 6. The third-order valence-corrected chi connectivity index (χ3v) is 5.21. The standard InChI is InChI=1S/C16H33N2OP/c1-14(2)11-17-7-3-15(4-8-17)12-19-16-5-9-18(13-20)10-6-16/h14-16H,3-13,20H2,1-2H3. The first-order valence-electron chi connectivity index (χ1n) is 8.43. The molecular formula is C16H33N2OP. The third kappa shape index (κ3) is 5.60. The van der Waals surface area contributed by atoms with Crippen LogP contribution in [0.1, 0.15) is 39.5 Å². The van der Waals surface area contributed by atoms with Crippen molar-refractivity contribution in [3.63, 3.8) is 0 Å². The molecule has 2 rings (SSSR count). The van der Waals surface area contributed by atoms with Crippen molar-refractivity contribution in [3.8, 4) is 0 Å². The monoisotopic (exact) mass is 300 g/mol. The maximum absolute atomic E-state index is 6.18. The normalized spacial score (nSPS) is 24.6. The second-order valence-electron chi connectivity index (χ2n) is 6.97. The quantitative estimate of drug-likeness (QED) is 0.702. The van der Waals surface area contributed by atoms with Gasteiger partial charge in [-0.25, -0.2) is 0 Å². The van der Waals surface area contributed by atoms with E-state index in [0.717, 1.165) is 24.7 Å². The Bertz CT molecular complexity index is 259. The first-order valence-corrected chi connectivity index (χ1v) is 9.25. The molecule has 0 N–H and O–H groups in total. The summed E-state index contributed by atoms with van der Waals surface area (Å²) in [5.41, 5.74) is 0. The molecule has 3 nitrogen and oxygen atoms in total. The minimum atomic E-state index is 0.525. The van der Waals surface area contributed by atoms with Crippen LogP contribution in [0.4, 0.5) is 0 Å². The lowest BCUT2D eigenvalue weighted by atomic mass is 9.97. The average molecular weight is 300 g/mol. The van der Waals surface area contributed by atoms with Crippen molar-refractivity contribution in [3.05, 3.63) is 0 Å². The molecule has 2 heterocycles. The van der Waals surface area contributed by atoms with Gasteiger partial charge in [-0.2, -0.15) is 0 Å². The maximum atomic E-state index is 6.18. The van der Waals surface area contributed by atoms with Crippen LogP contribution in [0.3, 0.4) is 0 Å². The molecule has 1 atom stereocenters. The molecule has 0 spiro atoms. The highest BCUT2D eigenvalue weighted by Crippen LogP contribution is 2.21. The number of piperidine rings is 2. The van der Waals surface area contributed by atoms with Crippen LogP contribution in [0.2, 0.25) is 0 Å². The minimum absolute atomic E-state index is 0.525. The van der Waals surface area contributed by atoms with Gasteiger partial charge in [-0.05, 0) is 50.6 Å². The Labute approximate surface area is 127 Å². The molecule has 4 heteroatoms. The summed E-state index contributed by atoms with van der Waals surface area (Å²) in [7, 11) is 2.82. The van der Waals surface area contributed by atoms with Gasteiger partial charge in [0.25, 0.3) is 0 Å². The summed E-state index contributed by atoms with van der Waals surface area (Å²) in [6.45, 7) is 11.9. The van der Waals surface area contributed by atoms with Crippen LogP contribution in [-0.2, 0) is 4.74 Å². The summed E-state index contributed by atoms with van der Waals surface area (Å²) in [5.74, 6) is 1.60. The molecule has 0 aromatic rings. The Morgan fingerprint density at radius 3 is 2.15 bits per heavy atom. The lowest BCUT2D eigenvalue weighted by Crippen LogP contribution is -2.39. The second-order valence-corrected chi connectivity index (χ2v) is 7.34. The van der Waals surface area contributed by atoms with Gasteiger partial charge in [0.15, 0.2) is 0 Å². The molecule has 2 fully saturated rings. The van der Waals surface area contributed by atoms with Gasteiger partial charge in [0, 0.05) is 32.5 Å². The third-order valence-electron chi connectivity index (χ3n) is 4.69. The van der Waals surface area contributed by atoms with E-state index in [2.05, 4.69) is 32.9 Å². The van der Waals surface area contributed by atoms with E-state index in [1.54, 1.807) is 0 Å². The van der Waals surface area contributed by atoms with E-state index in [4.69, 9.17) is 4.74 Å². The summed E-state index contributed by atoms with van der Waals surface area (Å²) in [6.07, 6.45) is 6.74. The maximum Gasteiger partial charge on any atom is 0.0599 e.